The molecule has 1 N–H and O–H groups in total. The molecule has 2 aromatic carbocycles. The Kier molecular flexibility index (Phi) is 5.09. The van der Waals surface area contributed by atoms with Gasteiger partial charge in [-0.3, -0.25) is 14.2 Å². The van der Waals surface area contributed by atoms with E-state index in [2.05, 4.69) is 5.32 Å². The van der Waals surface area contributed by atoms with Crippen LogP contribution in [0.2, 0.25) is 0 Å². The fraction of sp³-hybridized carbons (Fsp3) is 0.158. The molecule has 0 saturated heterocycles. The number of aryl methyl sites for hydroxylation is 1. The maximum Gasteiger partial charge on any atom is 0.308 e. The maximum absolute atomic E-state index is 13.1. The quantitative estimate of drug-likeness (QED) is 0.762. The summed E-state index contributed by atoms with van der Waals surface area (Å²) >= 11 is 1.02. The normalized spacial score (nSPS) is 10.6. The molecule has 6 heteroatoms. The van der Waals surface area contributed by atoms with E-state index < -0.39 is 0 Å². The van der Waals surface area contributed by atoms with Crippen molar-refractivity contribution in [2.24, 2.45) is 0 Å². The zero-order chi connectivity index (χ0) is 17.8. The van der Waals surface area contributed by atoms with Crippen molar-refractivity contribution in [2.45, 2.75) is 20.0 Å². The Hall–Kier alpha value is -2.73. The fourth-order valence-electron chi connectivity index (χ4n) is 2.43. The van der Waals surface area contributed by atoms with Gasteiger partial charge in [-0.15, -0.1) is 0 Å². The average Bonchev–Trinajstić information content (AvgIpc) is 2.96. The molecule has 0 saturated carbocycles. The first-order valence-corrected chi connectivity index (χ1v) is 8.67. The average molecular weight is 356 g/mol. The molecule has 0 aliphatic rings. The molecule has 128 valence electrons. The number of amides is 1. The third-order valence-corrected chi connectivity index (χ3v) is 4.60. The molecule has 3 aromatic rings. The van der Waals surface area contributed by atoms with Crippen LogP contribution >= 0.6 is 11.3 Å². The second kappa shape index (κ2) is 7.44. The summed E-state index contributed by atoms with van der Waals surface area (Å²) in [6, 6.07) is 13.7. The van der Waals surface area contributed by atoms with Crippen LogP contribution in [0.15, 0.2) is 58.7 Å². The van der Waals surface area contributed by atoms with Gasteiger partial charge in [0.05, 0.1) is 5.69 Å². The fourth-order valence-corrected chi connectivity index (χ4v) is 3.20. The van der Waals surface area contributed by atoms with Gasteiger partial charge in [-0.2, -0.15) is 0 Å². The molecule has 1 amide bonds. The monoisotopic (exact) mass is 356 g/mol. The van der Waals surface area contributed by atoms with Crippen molar-refractivity contribution in [3.63, 3.8) is 0 Å². The third kappa shape index (κ3) is 4.22. The number of aromatic nitrogens is 1. The molecule has 0 bridgehead atoms. The number of thiazole rings is 1. The molecule has 0 spiro atoms. The van der Waals surface area contributed by atoms with E-state index in [1.807, 2.05) is 31.2 Å². The molecule has 25 heavy (non-hydrogen) atoms. The number of nitrogens with zero attached hydrogens (tertiary/aromatic N) is 1. The molecule has 0 fully saturated rings. The van der Waals surface area contributed by atoms with Gasteiger partial charge in [0.2, 0.25) is 5.91 Å². The zero-order valence-electron chi connectivity index (χ0n) is 13.7. The number of halogens is 1. The van der Waals surface area contributed by atoms with Gasteiger partial charge in [0.25, 0.3) is 0 Å². The highest BCUT2D eigenvalue weighted by Crippen LogP contribution is 2.20. The van der Waals surface area contributed by atoms with Crippen molar-refractivity contribution in [3.05, 3.63) is 80.5 Å². The summed E-state index contributed by atoms with van der Waals surface area (Å²) in [5.74, 6) is -0.590. The van der Waals surface area contributed by atoms with Gasteiger partial charge in [0.1, 0.15) is 12.4 Å². The van der Waals surface area contributed by atoms with Crippen LogP contribution in [0.4, 0.5) is 4.39 Å². The predicted molar refractivity (Wildman–Crippen MR) is 97.0 cm³/mol. The SMILES string of the molecule is Cc1ccc(CNC(=O)Cn2c(-c3ccc(F)cc3)csc2=O)cc1. The lowest BCUT2D eigenvalue weighted by Gasteiger charge is -2.09. The minimum Gasteiger partial charge on any atom is -0.350 e. The summed E-state index contributed by atoms with van der Waals surface area (Å²) in [7, 11) is 0. The van der Waals surface area contributed by atoms with E-state index in [0.29, 0.717) is 17.8 Å². The molecule has 0 radical (unpaired) electrons. The highest BCUT2D eigenvalue weighted by atomic mass is 32.1. The Morgan fingerprint density at radius 3 is 2.48 bits per heavy atom. The van der Waals surface area contributed by atoms with Crippen LogP contribution in [0.25, 0.3) is 11.3 Å². The van der Waals surface area contributed by atoms with Gasteiger partial charge in [0, 0.05) is 11.9 Å². The summed E-state index contributed by atoms with van der Waals surface area (Å²) in [6.45, 7) is 2.34. The van der Waals surface area contributed by atoms with Crippen molar-refractivity contribution in [1.29, 1.82) is 0 Å². The molecule has 1 heterocycles. The van der Waals surface area contributed by atoms with Crippen LogP contribution in [0, 0.1) is 12.7 Å². The Balaban J connectivity index is 1.71. The Labute approximate surface area is 148 Å². The van der Waals surface area contributed by atoms with Crippen LogP contribution in [0.5, 0.6) is 0 Å². The van der Waals surface area contributed by atoms with Crippen molar-refractivity contribution in [2.75, 3.05) is 0 Å². The number of carbonyl (C=O) groups excluding carboxylic acids is 1. The Morgan fingerprint density at radius 2 is 1.80 bits per heavy atom. The topological polar surface area (TPSA) is 51.1 Å². The minimum atomic E-state index is -0.344. The van der Waals surface area contributed by atoms with Crippen LogP contribution in [-0.2, 0) is 17.9 Å². The number of hydrogen-bond acceptors (Lipinski definition) is 3. The summed E-state index contributed by atoms with van der Waals surface area (Å²) < 4.78 is 14.5. The highest BCUT2D eigenvalue weighted by Gasteiger charge is 2.12. The number of hydrogen-bond donors (Lipinski definition) is 1. The lowest BCUT2D eigenvalue weighted by molar-refractivity contribution is -0.121. The molecule has 0 aliphatic carbocycles. The summed E-state index contributed by atoms with van der Waals surface area (Å²) in [6.07, 6.45) is 0. The second-order valence-electron chi connectivity index (χ2n) is 5.74. The van der Waals surface area contributed by atoms with Gasteiger partial charge in [-0.1, -0.05) is 41.2 Å². The van der Waals surface area contributed by atoms with Crippen LogP contribution in [-0.4, -0.2) is 10.5 Å². The summed E-state index contributed by atoms with van der Waals surface area (Å²) in [5.41, 5.74) is 3.46. The molecule has 0 aliphatic heterocycles. The van der Waals surface area contributed by atoms with E-state index in [-0.39, 0.29) is 23.1 Å². The van der Waals surface area contributed by atoms with Crippen LogP contribution < -0.4 is 10.2 Å². The van der Waals surface area contributed by atoms with Crippen molar-refractivity contribution in [3.8, 4) is 11.3 Å². The number of benzene rings is 2. The van der Waals surface area contributed by atoms with Crippen molar-refractivity contribution < 1.29 is 9.18 Å². The van der Waals surface area contributed by atoms with E-state index in [0.717, 1.165) is 22.5 Å². The van der Waals surface area contributed by atoms with E-state index in [4.69, 9.17) is 0 Å². The lowest BCUT2D eigenvalue weighted by atomic mass is 10.1. The highest BCUT2D eigenvalue weighted by molar-refractivity contribution is 7.07. The second-order valence-corrected chi connectivity index (χ2v) is 6.56. The number of carbonyl (C=O) groups is 1. The largest absolute Gasteiger partial charge is 0.350 e. The Bertz CT molecular complexity index is 927. The number of rotatable bonds is 5. The Morgan fingerprint density at radius 1 is 1.12 bits per heavy atom. The predicted octanol–water partition coefficient (Wildman–Crippen LogP) is 3.34. The van der Waals surface area contributed by atoms with E-state index in [9.17, 15) is 14.0 Å². The molecule has 4 nitrogen and oxygen atoms in total. The van der Waals surface area contributed by atoms with E-state index in [1.165, 1.54) is 16.7 Å². The first-order chi connectivity index (χ1) is 12.0. The molecular formula is C19H17FN2O2S. The third-order valence-electron chi connectivity index (χ3n) is 3.83. The van der Waals surface area contributed by atoms with Gasteiger partial charge in [-0.25, -0.2) is 4.39 Å². The first-order valence-electron chi connectivity index (χ1n) is 7.79. The van der Waals surface area contributed by atoms with Gasteiger partial charge < -0.3 is 5.32 Å². The first kappa shape index (κ1) is 17.1. The molecule has 0 unspecified atom stereocenters. The van der Waals surface area contributed by atoms with Crippen LogP contribution in [0.3, 0.4) is 0 Å². The van der Waals surface area contributed by atoms with Gasteiger partial charge in [0.15, 0.2) is 0 Å². The van der Waals surface area contributed by atoms with Gasteiger partial charge >= 0.3 is 4.87 Å². The molecule has 1 aromatic heterocycles. The smallest absolute Gasteiger partial charge is 0.308 e. The van der Waals surface area contributed by atoms with E-state index in [1.54, 1.807) is 17.5 Å². The van der Waals surface area contributed by atoms with Crippen molar-refractivity contribution in [1.82, 2.24) is 9.88 Å². The summed E-state index contributed by atoms with van der Waals surface area (Å²) in [5, 5.41) is 4.50. The van der Waals surface area contributed by atoms with Crippen molar-refractivity contribution >= 4 is 17.2 Å². The van der Waals surface area contributed by atoms with Crippen LogP contribution in [0.1, 0.15) is 11.1 Å². The van der Waals surface area contributed by atoms with Gasteiger partial charge in [-0.05, 0) is 42.3 Å². The molecule has 0 atom stereocenters. The maximum atomic E-state index is 13.1. The molecule has 3 rings (SSSR count). The zero-order valence-corrected chi connectivity index (χ0v) is 14.5. The molecular weight excluding hydrogens is 339 g/mol. The standard InChI is InChI=1S/C19H17FN2O2S/c1-13-2-4-14(5-3-13)10-21-18(23)11-22-17(12-25-19(22)24)15-6-8-16(20)9-7-15/h2-9,12H,10-11H2,1H3,(H,21,23). The number of nitrogens with one attached hydrogen (secondary N) is 1. The van der Waals surface area contributed by atoms with E-state index >= 15 is 0 Å². The lowest BCUT2D eigenvalue weighted by Crippen LogP contribution is -2.30. The summed E-state index contributed by atoms with van der Waals surface area (Å²) in [4.78, 5) is 24.1. The minimum absolute atomic E-state index is 0.0685.